The van der Waals surface area contributed by atoms with Gasteiger partial charge in [-0.1, -0.05) is 32.0 Å². The summed E-state index contributed by atoms with van der Waals surface area (Å²) < 4.78 is 0. The van der Waals surface area contributed by atoms with E-state index < -0.39 is 0 Å². The zero-order chi connectivity index (χ0) is 14.2. The molecule has 1 aromatic rings. The number of nitrogens with one attached hydrogen (secondary N) is 1. The lowest BCUT2D eigenvalue weighted by Gasteiger charge is -2.50. The average Bonchev–Trinajstić information content (AvgIpc) is 2.93. The van der Waals surface area contributed by atoms with E-state index in [2.05, 4.69) is 48.3 Å². The first-order valence-corrected chi connectivity index (χ1v) is 7.82. The molecule has 110 valence electrons. The third-order valence-corrected chi connectivity index (χ3v) is 5.16. The molecule has 1 aromatic carbocycles. The molecule has 3 rings (SSSR count). The number of benzene rings is 1. The van der Waals surface area contributed by atoms with E-state index in [1.165, 1.54) is 37.2 Å². The third-order valence-electron chi connectivity index (χ3n) is 5.16. The average molecular weight is 274 g/mol. The largest absolute Gasteiger partial charge is 0.392 e. The Morgan fingerprint density at radius 2 is 1.95 bits per heavy atom. The van der Waals surface area contributed by atoms with Crippen LogP contribution in [0.4, 0.5) is 5.69 Å². The fourth-order valence-corrected chi connectivity index (χ4v) is 3.32. The summed E-state index contributed by atoms with van der Waals surface area (Å²) in [5.41, 5.74) is 2.59. The Balaban J connectivity index is 1.70. The monoisotopic (exact) mass is 274 g/mol. The first-order valence-electron chi connectivity index (χ1n) is 7.82. The van der Waals surface area contributed by atoms with Crippen LogP contribution in [-0.2, 0) is 6.54 Å². The van der Waals surface area contributed by atoms with Gasteiger partial charge in [0.05, 0.1) is 6.10 Å². The molecule has 0 spiro atoms. The lowest BCUT2D eigenvalue weighted by atomic mass is 9.64. The second-order valence-corrected chi connectivity index (χ2v) is 6.91. The molecule has 1 aliphatic carbocycles. The Morgan fingerprint density at radius 1 is 1.25 bits per heavy atom. The molecule has 1 aliphatic heterocycles. The van der Waals surface area contributed by atoms with Gasteiger partial charge in [-0.3, -0.25) is 4.90 Å². The number of anilines is 1. The van der Waals surface area contributed by atoms with E-state index in [0.717, 1.165) is 13.0 Å². The maximum absolute atomic E-state index is 9.88. The van der Waals surface area contributed by atoms with Gasteiger partial charge in [0, 0.05) is 23.7 Å². The van der Waals surface area contributed by atoms with Crippen LogP contribution in [0.2, 0.25) is 0 Å². The molecular formula is C17H26N2O. The lowest BCUT2D eigenvalue weighted by Crippen LogP contribution is -2.57. The minimum atomic E-state index is -0.175. The van der Waals surface area contributed by atoms with Crippen LogP contribution in [0.15, 0.2) is 24.3 Å². The van der Waals surface area contributed by atoms with Crippen molar-refractivity contribution in [2.45, 2.75) is 51.8 Å². The number of hydrogen-bond donors (Lipinski definition) is 2. The number of aliphatic hydroxyl groups excluding tert-OH is 1. The summed E-state index contributed by atoms with van der Waals surface area (Å²) in [6.45, 7) is 7.77. The topological polar surface area (TPSA) is 35.5 Å². The normalized spacial score (nSPS) is 29.1. The fraction of sp³-hybridized carbons (Fsp3) is 0.647. The van der Waals surface area contributed by atoms with Crippen molar-refractivity contribution < 1.29 is 5.11 Å². The van der Waals surface area contributed by atoms with Crippen molar-refractivity contribution in [3.8, 4) is 0 Å². The van der Waals surface area contributed by atoms with Gasteiger partial charge in [-0.2, -0.15) is 0 Å². The molecule has 0 radical (unpaired) electrons. The molecule has 2 atom stereocenters. The lowest BCUT2D eigenvalue weighted by molar-refractivity contribution is -0.0510. The molecule has 2 aliphatic rings. The highest BCUT2D eigenvalue weighted by Gasteiger charge is 2.47. The third kappa shape index (κ3) is 2.57. The highest BCUT2D eigenvalue weighted by molar-refractivity contribution is 5.52. The zero-order valence-electron chi connectivity index (χ0n) is 12.6. The Morgan fingerprint density at radius 3 is 2.60 bits per heavy atom. The number of likely N-dealkylation sites (tertiary alicyclic amines) is 1. The van der Waals surface area contributed by atoms with Gasteiger partial charge in [0.25, 0.3) is 0 Å². The summed E-state index contributed by atoms with van der Waals surface area (Å²) in [6, 6.07) is 8.99. The van der Waals surface area contributed by atoms with Crippen molar-refractivity contribution in [2.75, 3.05) is 18.4 Å². The first-order chi connectivity index (χ1) is 9.57. The van der Waals surface area contributed by atoms with E-state index in [0.29, 0.717) is 6.04 Å². The van der Waals surface area contributed by atoms with E-state index in [1.807, 2.05) is 0 Å². The van der Waals surface area contributed by atoms with Gasteiger partial charge < -0.3 is 10.4 Å². The molecule has 1 heterocycles. The predicted molar refractivity (Wildman–Crippen MR) is 82.8 cm³/mol. The van der Waals surface area contributed by atoms with Crippen LogP contribution in [0, 0.1) is 5.41 Å². The Labute approximate surface area is 122 Å². The van der Waals surface area contributed by atoms with Gasteiger partial charge in [-0.25, -0.2) is 0 Å². The van der Waals surface area contributed by atoms with Crippen molar-refractivity contribution in [2.24, 2.45) is 5.41 Å². The number of hydrogen-bond acceptors (Lipinski definition) is 3. The molecule has 3 nitrogen and oxygen atoms in total. The second kappa shape index (κ2) is 5.38. The standard InChI is InChI=1S/C17H26N2O/c1-17(2)15(11-16(17)20)18-14-8-4-3-7-13(14)12-19-9-5-6-10-19/h3-4,7-8,15-16,18,20H,5-6,9-12H2,1-2H3. The van der Waals surface area contributed by atoms with Gasteiger partial charge in [0.2, 0.25) is 0 Å². The van der Waals surface area contributed by atoms with Crippen molar-refractivity contribution in [1.82, 2.24) is 4.90 Å². The second-order valence-electron chi connectivity index (χ2n) is 6.91. The predicted octanol–water partition coefficient (Wildman–Crippen LogP) is 2.85. The summed E-state index contributed by atoms with van der Waals surface area (Å²) in [5.74, 6) is 0. The summed E-state index contributed by atoms with van der Waals surface area (Å²) in [7, 11) is 0. The van der Waals surface area contributed by atoms with E-state index in [-0.39, 0.29) is 11.5 Å². The van der Waals surface area contributed by atoms with Crippen LogP contribution in [0.1, 0.15) is 38.7 Å². The maximum atomic E-state index is 9.88. The maximum Gasteiger partial charge on any atom is 0.0630 e. The van der Waals surface area contributed by atoms with Crippen LogP contribution in [0.25, 0.3) is 0 Å². The van der Waals surface area contributed by atoms with E-state index in [9.17, 15) is 5.11 Å². The van der Waals surface area contributed by atoms with Crippen LogP contribution in [0.3, 0.4) is 0 Å². The molecular weight excluding hydrogens is 248 g/mol. The Hall–Kier alpha value is -1.06. The highest BCUT2D eigenvalue weighted by atomic mass is 16.3. The minimum Gasteiger partial charge on any atom is -0.392 e. The van der Waals surface area contributed by atoms with Gasteiger partial charge >= 0.3 is 0 Å². The molecule has 2 N–H and O–H groups in total. The summed E-state index contributed by atoms with van der Waals surface area (Å²) in [6.07, 6.45) is 3.34. The molecule has 0 amide bonds. The molecule has 1 saturated carbocycles. The molecule has 0 bridgehead atoms. The van der Waals surface area contributed by atoms with Crippen molar-refractivity contribution in [1.29, 1.82) is 0 Å². The van der Waals surface area contributed by atoms with Gasteiger partial charge in [0.15, 0.2) is 0 Å². The van der Waals surface area contributed by atoms with Crippen LogP contribution >= 0.6 is 0 Å². The van der Waals surface area contributed by atoms with E-state index in [4.69, 9.17) is 0 Å². The molecule has 3 heteroatoms. The van der Waals surface area contributed by atoms with E-state index >= 15 is 0 Å². The molecule has 20 heavy (non-hydrogen) atoms. The Bertz CT molecular complexity index is 466. The van der Waals surface area contributed by atoms with Gasteiger partial charge in [0.1, 0.15) is 0 Å². The van der Waals surface area contributed by atoms with Crippen LogP contribution in [-0.4, -0.2) is 35.2 Å². The van der Waals surface area contributed by atoms with Crippen LogP contribution < -0.4 is 5.32 Å². The number of aliphatic hydroxyl groups is 1. The fourth-order valence-electron chi connectivity index (χ4n) is 3.32. The quantitative estimate of drug-likeness (QED) is 0.886. The number of nitrogens with zero attached hydrogens (tertiary/aromatic N) is 1. The minimum absolute atomic E-state index is 0.0270. The smallest absolute Gasteiger partial charge is 0.0630 e. The summed E-state index contributed by atoms with van der Waals surface area (Å²) >= 11 is 0. The molecule has 2 unspecified atom stereocenters. The summed E-state index contributed by atoms with van der Waals surface area (Å²) in [5, 5.41) is 13.5. The number of para-hydroxylation sites is 1. The summed E-state index contributed by atoms with van der Waals surface area (Å²) in [4.78, 5) is 2.53. The molecule has 1 saturated heterocycles. The first kappa shape index (κ1) is 13.9. The van der Waals surface area contributed by atoms with Crippen molar-refractivity contribution >= 4 is 5.69 Å². The molecule has 0 aromatic heterocycles. The number of rotatable bonds is 4. The SMILES string of the molecule is CC1(C)C(O)CC1Nc1ccccc1CN1CCCC1. The van der Waals surface area contributed by atoms with Crippen LogP contribution in [0.5, 0.6) is 0 Å². The molecule has 2 fully saturated rings. The highest BCUT2D eigenvalue weighted by Crippen LogP contribution is 2.42. The van der Waals surface area contributed by atoms with Crippen molar-refractivity contribution in [3.05, 3.63) is 29.8 Å². The van der Waals surface area contributed by atoms with Gasteiger partial charge in [-0.05, 0) is 44.0 Å². The Kier molecular flexibility index (Phi) is 3.74. The zero-order valence-corrected chi connectivity index (χ0v) is 12.6. The van der Waals surface area contributed by atoms with Gasteiger partial charge in [-0.15, -0.1) is 0 Å². The van der Waals surface area contributed by atoms with Crippen molar-refractivity contribution in [3.63, 3.8) is 0 Å². The van der Waals surface area contributed by atoms with E-state index in [1.54, 1.807) is 0 Å².